The maximum Gasteiger partial charge on any atom is 0.336 e. The zero-order chi connectivity index (χ0) is 19.7. The fourth-order valence-electron chi connectivity index (χ4n) is 3.38. The van der Waals surface area contributed by atoms with Crippen LogP contribution < -0.4 is 10.2 Å². The Balaban J connectivity index is 1.59. The van der Waals surface area contributed by atoms with Gasteiger partial charge < -0.3 is 15.0 Å². The highest BCUT2D eigenvalue weighted by atomic mass is 32.1. The first-order valence-electron chi connectivity index (χ1n) is 9.13. The Bertz CT molecular complexity index is 977. The number of esters is 1. The Labute approximate surface area is 171 Å². The lowest BCUT2D eigenvalue weighted by Crippen LogP contribution is -2.50. The van der Waals surface area contributed by atoms with Gasteiger partial charge >= 0.3 is 5.97 Å². The van der Waals surface area contributed by atoms with Gasteiger partial charge in [-0.1, -0.05) is 41.7 Å². The molecule has 0 saturated carbocycles. The summed E-state index contributed by atoms with van der Waals surface area (Å²) in [4.78, 5) is 33.8. The van der Waals surface area contributed by atoms with E-state index in [0.29, 0.717) is 10.4 Å². The van der Waals surface area contributed by atoms with Crippen molar-refractivity contribution in [2.75, 3.05) is 25.1 Å². The molecule has 28 heavy (non-hydrogen) atoms. The number of anilines is 1. The van der Waals surface area contributed by atoms with Crippen LogP contribution in [0.15, 0.2) is 36.4 Å². The summed E-state index contributed by atoms with van der Waals surface area (Å²) in [6.45, 7) is 3.75. The third kappa shape index (κ3) is 3.38. The Hall–Kier alpha value is -2.45. The molecule has 1 aliphatic heterocycles. The number of thiophene rings is 1. The maximum atomic E-state index is 12.9. The Morgan fingerprint density at radius 3 is 2.54 bits per heavy atom. The second kappa shape index (κ2) is 7.52. The molecule has 0 radical (unpaired) electrons. The van der Waals surface area contributed by atoms with E-state index in [4.69, 9.17) is 9.72 Å². The van der Waals surface area contributed by atoms with Gasteiger partial charge in [0.25, 0.3) is 5.91 Å². The number of thiazole rings is 1. The number of carbonyl (C=O) groups excluding carboxylic acids is 2. The summed E-state index contributed by atoms with van der Waals surface area (Å²) in [5.74, 6) is -0.825. The van der Waals surface area contributed by atoms with Gasteiger partial charge in [-0.25, -0.2) is 9.78 Å². The van der Waals surface area contributed by atoms with Gasteiger partial charge in [0.05, 0.1) is 16.7 Å². The van der Waals surface area contributed by atoms with Crippen LogP contribution in [0.3, 0.4) is 0 Å². The molecule has 1 amide bonds. The largest absolute Gasteiger partial charge is 0.467 e. The van der Waals surface area contributed by atoms with Crippen molar-refractivity contribution < 1.29 is 14.3 Å². The van der Waals surface area contributed by atoms with E-state index in [0.717, 1.165) is 27.8 Å². The van der Waals surface area contributed by atoms with Crippen LogP contribution in [0.2, 0.25) is 0 Å². The number of nitrogens with zero attached hydrogens (tertiary/aromatic N) is 2. The van der Waals surface area contributed by atoms with Crippen molar-refractivity contribution >= 4 is 49.2 Å². The molecular formula is C20H21N3O3S2. The van der Waals surface area contributed by atoms with E-state index in [9.17, 15) is 9.59 Å². The van der Waals surface area contributed by atoms with Crippen molar-refractivity contribution in [1.29, 1.82) is 0 Å². The maximum absolute atomic E-state index is 12.9. The number of aromatic nitrogens is 1. The van der Waals surface area contributed by atoms with Crippen molar-refractivity contribution in [1.82, 2.24) is 10.3 Å². The molecule has 1 atom stereocenters. The van der Waals surface area contributed by atoms with Gasteiger partial charge in [0.15, 0.2) is 10.7 Å². The summed E-state index contributed by atoms with van der Waals surface area (Å²) in [5.41, 5.74) is -0.596. The molecule has 0 aliphatic carbocycles. The van der Waals surface area contributed by atoms with Crippen LogP contribution in [0.4, 0.5) is 5.13 Å². The van der Waals surface area contributed by atoms with Crippen molar-refractivity contribution in [2.45, 2.75) is 25.3 Å². The number of amides is 1. The molecule has 1 fully saturated rings. The monoisotopic (exact) mass is 415 g/mol. The average Bonchev–Trinajstić information content (AvgIpc) is 3.43. The number of benzene rings is 1. The first kappa shape index (κ1) is 18.9. The summed E-state index contributed by atoms with van der Waals surface area (Å²) >= 11 is 2.96. The lowest BCUT2D eigenvalue weighted by Gasteiger charge is -2.28. The van der Waals surface area contributed by atoms with E-state index < -0.39 is 11.5 Å². The van der Waals surface area contributed by atoms with Crippen molar-refractivity contribution in [3.63, 3.8) is 0 Å². The predicted molar refractivity (Wildman–Crippen MR) is 112 cm³/mol. The van der Waals surface area contributed by atoms with E-state index >= 15 is 0 Å². The topological polar surface area (TPSA) is 71.5 Å². The van der Waals surface area contributed by atoms with E-state index in [1.165, 1.54) is 31.3 Å². The highest BCUT2D eigenvalue weighted by molar-refractivity contribution is 7.29. The summed E-state index contributed by atoms with van der Waals surface area (Å²) in [7, 11) is 1.32. The van der Waals surface area contributed by atoms with Gasteiger partial charge in [-0.05, 0) is 31.4 Å². The summed E-state index contributed by atoms with van der Waals surface area (Å²) in [6, 6.07) is 11.0. The van der Waals surface area contributed by atoms with E-state index in [-0.39, 0.29) is 5.91 Å². The van der Waals surface area contributed by atoms with Crippen LogP contribution in [0, 0.1) is 0 Å². The molecule has 4 rings (SSSR count). The number of hydrogen-bond acceptors (Lipinski definition) is 7. The molecule has 0 spiro atoms. The molecule has 146 valence electrons. The summed E-state index contributed by atoms with van der Waals surface area (Å²) < 4.78 is 5.95. The zero-order valence-corrected chi connectivity index (χ0v) is 17.4. The molecular weight excluding hydrogens is 394 g/mol. The van der Waals surface area contributed by atoms with Crippen LogP contribution in [-0.2, 0) is 15.1 Å². The van der Waals surface area contributed by atoms with E-state index in [1.54, 1.807) is 30.4 Å². The smallest absolute Gasteiger partial charge is 0.336 e. The molecule has 2 aromatic heterocycles. The van der Waals surface area contributed by atoms with Crippen LogP contribution in [-0.4, -0.2) is 37.1 Å². The number of carbonyl (C=O) groups is 2. The van der Waals surface area contributed by atoms with E-state index in [1.807, 2.05) is 24.3 Å². The lowest BCUT2D eigenvalue weighted by molar-refractivity contribution is -0.147. The number of nitrogens with one attached hydrogen (secondary N) is 1. The number of hydrogen-bond donors (Lipinski definition) is 1. The summed E-state index contributed by atoms with van der Waals surface area (Å²) in [5, 5.41) is 3.88. The second-order valence-electron chi connectivity index (χ2n) is 6.91. The Morgan fingerprint density at radius 1 is 1.18 bits per heavy atom. The molecule has 6 nitrogen and oxygen atoms in total. The van der Waals surface area contributed by atoms with Crippen molar-refractivity contribution in [2.24, 2.45) is 0 Å². The molecule has 1 aliphatic rings. The lowest BCUT2D eigenvalue weighted by atomic mass is 9.92. The predicted octanol–water partition coefficient (Wildman–Crippen LogP) is 3.78. The third-order valence-corrected chi connectivity index (χ3v) is 7.21. The van der Waals surface area contributed by atoms with E-state index in [2.05, 4.69) is 10.2 Å². The second-order valence-corrected chi connectivity index (χ2v) is 8.95. The van der Waals surface area contributed by atoms with Gasteiger partial charge in [-0.15, -0.1) is 11.3 Å². The van der Waals surface area contributed by atoms with Crippen LogP contribution in [0.25, 0.3) is 9.53 Å². The minimum Gasteiger partial charge on any atom is -0.467 e. The van der Waals surface area contributed by atoms with Gasteiger partial charge in [-0.2, -0.15) is 0 Å². The Kier molecular flexibility index (Phi) is 5.07. The van der Waals surface area contributed by atoms with Crippen molar-refractivity contribution in [3.8, 4) is 0 Å². The van der Waals surface area contributed by atoms with Gasteiger partial charge in [-0.3, -0.25) is 4.79 Å². The molecule has 0 bridgehead atoms. The van der Waals surface area contributed by atoms with Crippen LogP contribution >= 0.6 is 22.7 Å². The molecule has 3 aromatic rings. The molecule has 1 saturated heterocycles. The summed E-state index contributed by atoms with van der Waals surface area (Å²) in [6.07, 6.45) is 2.40. The average molecular weight is 416 g/mol. The van der Waals surface area contributed by atoms with Crippen LogP contribution in [0.5, 0.6) is 0 Å². The first-order valence-corrected chi connectivity index (χ1v) is 10.8. The van der Waals surface area contributed by atoms with Gasteiger partial charge in [0.1, 0.15) is 4.83 Å². The zero-order valence-electron chi connectivity index (χ0n) is 15.7. The third-order valence-electron chi connectivity index (χ3n) is 4.99. The highest BCUT2D eigenvalue weighted by Gasteiger charge is 2.38. The molecule has 3 heterocycles. The first-order chi connectivity index (χ1) is 13.5. The standard InChI is InChI=1S/C20H21N3O3S2/c1-20(18(25)26-2,13-8-4-3-5-9-13)22-16(24)14-12-15-17(27-14)21-19(28-15)23-10-6-7-11-23/h3-5,8-9,12H,6-7,10-11H2,1-2H3,(H,22,24)/t20-/m1/s1. The van der Waals surface area contributed by atoms with Crippen molar-refractivity contribution in [3.05, 3.63) is 46.8 Å². The fourth-order valence-corrected chi connectivity index (χ4v) is 5.54. The number of fused-ring (bicyclic) bond motifs is 1. The molecule has 8 heteroatoms. The molecule has 1 aromatic carbocycles. The number of methoxy groups -OCH3 is 1. The highest BCUT2D eigenvalue weighted by Crippen LogP contribution is 2.36. The normalized spacial score (nSPS) is 16.1. The molecule has 0 unspecified atom stereocenters. The SMILES string of the molecule is COC(=O)[C@](C)(NC(=O)c1cc2sc(N3CCCC3)nc2s1)c1ccccc1. The molecule has 1 N–H and O–H groups in total. The van der Waals surface area contributed by atoms with Gasteiger partial charge in [0, 0.05) is 13.1 Å². The van der Waals surface area contributed by atoms with Crippen LogP contribution in [0.1, 0.15) is 35.0 Å². The van der Waals surface area contributed by atoms with Gasteiger partial charge in [0.2, 0.25) is 0 Å². The quantitative estimate of drug-likeness (QED) is 0.642. The number of ether oxygens (including phenoxy) is 1. The minimum absolute atomic E-state index is 0.310. The Morgan fingerprint density at radius 2 is 1.89 bits per heavy atom. The fraction of sp³-hybridized carbons (Fsp3) is 0.350. The number of rotatable bonds is 5. The minimum atomic E-state index is -1.27.